The fraction of sp³-hybridized carbons (Fsp3) is 0.0714. The van der Waals surface area contributed by atoms with E-state index in [9.17, 15) is 8.42 Å². The average Bonchev–Trinajstić information content (AvgIpc) is 2.94. The van der Waals surface area contributed by atoms with Crippen LogP contribution in [0.1, 0.15) is 0 Å². The fourth-order valence-electron chi connectivity index (χ4n) is 2.02. The maximum atomic E-state index is 12.3. The predicted octanol–water partition coefficient (Wildman–Crippen LogP) is 2.41. The highest BCUT2D eigenvalue weighted by Crippen LogP contribution is 2.21. The second-order valence-corrected chi connectivity index (χ2v) is 6.23. The summed E-state index contributed by atoms with van der Waals surface area (Å²) in [6, 6.07) is 11.8. The Morgan fingerprint density at radius 2 is 1.76 bits per heavy atom. The molecule has 0 bridgehead atoms. The lowest BCUT2D eigenvalue weighted by atomic mass is 10.2. The maximum Gasteiger partial charge on any atom is 0.261 e. The molecular formula is C14H14N4O2S. The molecule has 3 aromatic rings. The molecule has 0 aliphatic carbocycles. The molecule has 0 aliphatic rings. The van der Waals surface area contributed by atoms with E-state index >= 15 is 0 Å². The number of hydrogen-bond donors (Lipinski definition) is 3. The molecule has 3 rings (SSSR count). The van der Waals surface area contributed by atoms with Crippen molar-refractivity contribution >= 4 is 32.3 Å². The van der Waals surface area contributed by atoms with Gasteiger partial charge in [0.1, 0.15) is 0 Å². The van der Waals surface area contributed by atoms with Crippen LogP contribution in [0.2, 0.25) is 0 Å². The van der Waals surface area contributed by atoms with Gasteiger partial charge in [0.15, 0.2) is 0 Å². The normalized spacial score (nSPS) is 11.5. The molecule has 6 nitrogen and oxygen atoms in total. The van der Waals surface area contributed by atoms with Crippen LogP contribution >= 0.6 is 0 Å². The number of fused-ring (bicyclic) bond motifs is 1. The molecular weight excluding hydrogens is 288 g/mol. The van der Waals surface area contributed by atoms with Crippen LogP contribution in [0.3, 0.4) is 0 Å². The largest absolute Gasteiger partial charge is 0.388 e. The number of aromatic nitrogens is 2. The minimum absolute atomic E-state index is 0.214. The van der Waals surface area contributed by atoms with Gasteiger partial charge in [-0.2, -0.15) is 5.10 Å². The monoisotopic (exact) mass is 302 g/mol. The van der Waals surface area contributed by atoms with Crippen molar-refractivity contribution in [1.82, 2.24) is 10.2 Å². The van der Waals surface area contributed by atoms with Gasteiger partial charge in [0.25, 0.3) is 10.0 Å². The molecule has 2 aromatic carbocycles. The number of rotatable bonds is 4. The quantitative estimate of drug-likeness (QED) is 0.690. The van der Waals surface area contributed by atoms with E-state index in [0.29, 0.717) is 5.69 Å². The molecule has 1 aromatic heterocycles. The Bertz CT molecular complexity index is 869. The van der Waals surface area contributed by atoms with Gasteiger partial charge in [0.2, 0.25) is 0 Å². The number of H-pyrrole nitrogens is 1. The van der Waals surface area contributed by atoms with Crippen molar-refractivity contribution in [3.05, 3.63) is 48.7 Å². The van der Waals surface area contributed by atoms with Gasteiger partial charge in [-0.05, 0) is 42.5 Å². The summed E-state index contributed by atoms with van der Waals surface area (Å²) in [7, 11) is -1.82. The van der Waals surface area contributed by atoms with Gasteiger partial charge in [-0.15, -0.1) is 0 Å². The van der Waals surface area contributed by atoms with Gasteiger partial charge >= 0.3 is 0 Å². The van der Waals surface area contributed by atoms with Crippen molar-refractivity contribution in [3.63, 3.8) is 0 Å². The molecule has 0 saturated heterocycles. The summed E-state index contributed by atoms with van der Waals surface area (Å²) in [5, 5.41) is 10.6. The lowest BCUT2D eigenvalue weighted by Crippen LogP contribution is -2.12. The molecule has 0 amide bonds. The molecule has 1 heterocycles. The summed E-state index contributed by atoms with van der Waals surface area (Å²) in [5.41, 5.74) is 2.12. The topological polar surface area (TPSA) is 86.9 Å². The summed E-state index contributed by atoms with van der Waals surface area (Å²) in [6.07, 6.45) is 1.68. The maximum absolute atomic E-state index is 12.3. The van der Waals surface area contributed by atoms with Crippen molar-refractivity contribution in [1.29, 1.82) is 0 Å². The molecule has 0 atom stereocenters. The first-order valence-corrected chi connectivity index (χ1v) is 7.80. The standard InChI is InChI=1S/C14H14N4O2S/c1-15-11-4-6-13(7-5-11)21(19,20)18-12-3-2-10-9-16-17-14(10)8-12/h2-9,15,18H,1H3,(H,16,17). The van der Waals surface area contributed by atoms with Crippen molar-refractivity contribution < 1.29 is 8.42 Å². The van der Waals surface area contributed by atoms with Crippen LogP contribution in [0.25, 0.3) is 10.9 Å². The first-order valence-electron chi connectivity index (χ1n) is 6.32. The van der Waals surface area contributed by atoms with Crippen LogP contribution in [0.4, 0.5) is 11.4 Å². The molecule has 0 radical (unpaired) electrons. The summed E-state index contributed by atoms with van der Waals surface area (Å²) < 4.78 is 27.2. The predicted molar refractivity (Wildman–Crippen MR) is 82.9 cm³/mol. The Hall–Kier alpha value is -2.54. The smallest absolute Gasteiger partial charge is 0.261 e. The molecule has 108 valence electrons. The summed E-state index contributed by atoms with van der Waals surface area (Å²) in [5.74, 6) is 0. The van der Waals surface area contributed by atoms with Crippen molar-refractivity contribution in [3.8, 4) is 0 Å². The van der Waals surface area contributed by atoms with Gasteiger partial charge in [-0.3, -0.25) is 9.82 Å². The number of anilines is 2. The van der Waals surface area contributed by atoms with E-state index in [2.05, 4.69) is 20.2 Å². The van der Waals surface area contributed by atoms with Gasteiger partial charge in [0, 0.05) is 18.1 Å². The van der Waals surface area contributed by atoms with Crippen LogP contribution in [0, 0.1) is 0 Å². The molecule has 0 fully saturated rings. The molecule has 0 saturated carbocycles. The number of hydrogen-bond acceptors (Lipinski definition) is 4. The molecule has 0 spiro atoms. The lowest BCUT2D eigenvalue weighted by Gasteiger charge is -2.09. The van der Waals surface area contributed by atoms with Gasteiger partial charge in [-0.1, -0.05) is 0 Å². The zero-order valence-corrected chi connectivity index (χ0v) is 12.1. The Balaban J connectivity index is 1.90. The zero-order valence-electron chi connectivity index (χ0n) is 11.3. The van der Waals surface area contributed by atoms with Crippen LogP contribution in [-0.2, 0) is 10.0 Å². The third-order valence-corrected chi connectivity index (χ3v) is 4.54. The average molecular weight is 302 g/mol. The van der Waals surface area contributed by atoms with Crippen LogP contribution in [0.15, 0.2) is 53.6 Å². The fourth-order valence-corrected chi connectivity index (χ4v) is 3.06. The molecule has 0 unspecified atom stereocenters. The molecule has 3 N–H and O–H groups in total. The third kappa shape index (κ3) is 2.68. The SMILES string of the molecule is CNc1ccc(S(=O)(=O)Nc2ccc3cn[nH]c3c2)cc1. The van der Waals surface area contributed by atoms with Crippen molar-refractivity contribution in [2.24, 2.45) is 0 Å². The van der Waals surface area contributed by atoms with Gasteiger partial charge in [-0.25, -0.2) is 8.42 Å². The minimum atomic E-state index is -3.60. The van der Waals surface area contributed by atoms with E-state index in [1.807, 2.05) is 0 Å². The van der Waals surface area contributed by atoms with E-state index < -0.39 is 10.0 Å². The Morgan fingerprint density at radius 3 is 2.48 bits per heavy atom. The van der Waals surface area contributed by atoms with E-state index in [4.69, 9.17) is 0 Å². The van der Waals surface area contributed by atoms with Crippen LogP contribution in [-0.4, -0.2) is 25.7 Å². The second kappa shape index (κ2) is 5.10. The lowest BCUT2D eigenvalue weighted by molar-refractivity contribution is 0.601. The first-order chi connectivity index (χ1) is 10.1. The highest BCUT2D eigenvalue weighted by Gasteiger charge is 2.14. The molecule has 21 heavy (non-hydrogen) atoms. The summed E-state index contributed by atoms with van der Waals surface area (Å²) in [6.45, 7) is 0. The number of aromatic amines is 1. The number of sulfonamides is 1. The number of benzene rings is 2. The first kappa shape index (κ1) is 13.4. The molecule has 0 aliphatic heterocycles. The van der Waals surface area contributed by atoms with Gasteiger partial charge < -0.3 is 5.32 Å². The van der Waals surface area contributed by atoms with Crippen molar-refractivity contribution in [2.75, 3.05) is 17.1 Å². The highest BCUT2D eigenvalue weighted by molar-refractivity contribution is 7.92. The Morgan fingerprint density at radius 1 is 1.05 bits per heavy atom. The molecule has 7 heteroatoms. The number of nitrogens with zero attached hydrogens (tertiary/aromatic N) is 1. The van der Waals surface area contributed by atoms with Crippen LogP contribution in [0.5, 0.6) is 0 Å². The highest BCUT2D eigenvalue weighted by atomic mass is 32.2. The summed E-state index contributed by atoms with van der Waals surface area (Å²) in [4.78, 5) is 0.214. The van der Waals surface area contributed by atoms with Crippen LogP contribution < -0.4 is 10.0 Å². The van der Waals surface area contributed by atoms with E-state index in [-0.39, 0.29) is 4.90 Å². The second-order valence-electron chi connectivity index (χ2n) is 4.55. The Labute approximate surface area is 122 Å². The minimum Gasteiger partial charge on any atom is -0.388 e. The number of nitrogens with one attached hydrogen (secondary N) is 3. The summed E-state index contributed by atoms with van der Waals surface area (Å²) >= 11 is 0. The van der Waals surface area contributed by atoms with E-state index in [0.717, 1.165) is 16.6 Å². The third-order valence-electron chi connectivity index (χ3n) is 3.15. The Kier molecular flexibility index (Phi) is 3.26. The van der Waals surface area contributed by atoms with Crippen molar-refractivity contribution in [2.45, 2.75) is 4.90 Å². The van der Waals surface area contributed by atoms with Gasteiger partial charge in [0.05, 0.1) is 22.3 Å². The van der Waals surface area contributed by atoms with E-state index in [1.165, 1.54) is 0 Å². The van der Waals surface area contributed by atoms with E-state index in [1.54, 1.807) is 55.7 Å². The zero-order chi connectivity index (χ0) is 14.9.